The van der Waals surface area contributed by atoms with Crippen molar-refractivity contribution in [1.82, 2.24) is 4.90 Å². The van der Waals surface area contributed by atoms with E-state index < -0.39 is 11.7 Å². The molecule has 28 heavy (non-hydrogen) atoms. The first-order chi connectivity index (χ1) is 13.4. The maximum Gasteiger partial charge on any atom is 0.416 e. The Bertz CT molecular complexity index is 895. The van der Waals surface area contributed by atoms with E-state index in [0.717, 1.165) is 23.5 Å². The van der Waals surface area contributed by atoms with Crippen molar-refractivity contribution in [3.05, 3.63) is 66.7 Å². The van der Waals surface area contributed by atoms with Gasteiger partial charge in [0.1, 0.15) is 0 Å². The van der Waals surface area contributed by atoms with E-state index in [2.05, 4.69) is 11.5 Å². The number of benzene rings is 2. The Balaban J connectivity index is 1.68. The molecule has 0 aliphatic carbocycles. The van der Waals surface area contributed by atoms with Crippen molar-refractivity contribution in [2.75, 3.05) is 36.0 Å². The summed E-state index contributed by atoms with van der Waals surface area (Å²) >= 11 is 0. The van der Waals surface area contributed by atoms with Crippen molar-refractivity contribution >= 4 is 23.0 Å². The lowest BCUT2D eigenvalue weighted by atomic mass is 10.0. The SMILES string of the molecule is C=CC(=O)N1CCN2c3ccccc3N(c3ccc(C(F)(F)F)cc3)CC2C1. The minimum Gasteiger partial charge on any atom is -0.361 e. The zero-order valence-electron chi connectivity index (χ0n) is 15.2. The molecule has 1 fully saturated rings. The summed E-state index contributed by atoms with van der Waals surface area (Å²) in [6.07, 6.45) is -3.04. The number of alkyl halides is 3. The summed E-state index contributed by atoms with van der Waals surface area (Å²) in [5.41, 5.74) is 2.03. The fourth-order valence-corrected chi connectivity index (χ4v) is 3.98. The minimum absolute atomic E-state index is 0.0508. The molecule has 2 aromatic carbocycles. The highest BCUT2D eigenvalue weighted by molar-refractivity contribution is 5.87. The molecule has 4 rings (SSSR count). The van der Waals surface area contributed by atoms with Gasteiger partial charge in [0.05, 0.1) is 23.0 Å². The van der Waals surface area contributed by atoms with Gasteiger partial charge in [0.25, 0.3) is 0 Å². The van der Waals surface area contributed by atoms with Gasteiger partial charge in [-0.3, -0.25) is 4.79 Å². The van der Waals surface area contributed by atoms with E-state index in [9.17, 15) is 18.0 Å². The summed E-state index contributed by atoms with van der Waals surface area (Å²) in [5.74, 6) is -0.0976. The quantitative estimate of drug-likeness (QED) is 0.727. The van der Waals surface area contributed by atoms with Crippen LogP contribution in [0.5, 0.6) is 0 Å². The highest BCUT2D eigenvalue weighted by Crippen LogP contribution is 2.41. The molecule has 1 saturated heterocycles. The van der Waals surface area contributed by atoms with E-state index in [-0.39, 0.29) is 11.9 Å². The van der Waals surface area contributed by atoms with Gasteiger partial charge >= 0.3 is 6.18 Å². The predicted octanol–water partition coefficient (Wildman–Crippen LogP) is 4.06. The summed E-state index contributed by atoms with van der Waals surface area (Å²) in [6, 6.07) is 13.2. The van der Waals surface area contributed by atoms with Gasteiger partial charge in [-0.25, -0.2) is 0 Å². The third kappa shape index (κ3) is 3.21. The number of hydrogen-bond donors (Lipinski definition) is 0. The molecule has 0 N–H and O–H groups in total. The van der Waals surface area contributed by atoms with Crippen molar-refractivity contribution in [2.24, 2.45) is 0 Å². The average molecular weight is 387 g/mol. The number of carbonyl (C=O) groups is 1. The first-order valence-corrected chi connectivity index (χ1v) is 9.10. The maximum absolute atomic E-state index is 12.9. The molecule has 1 unspecified atom stereocenters. The molecule has 2 aromatic rings. The van der Waals surface area contributed by atoms with Crippen LogP contribution in [0.2, 0.25) is 0 Å². The second kappa shape index (κ2) is 6.89. The number of fused-ring (bicyclic) bond motifs is 3. The van der Waals surface area contributed by atoms with Gasteiger partial charge in [0, 0.05) is 31.9 Å². The Kier molecular flexibility index (Phi) is 4.53. The Hall–Kier alpha value is -2.96. The number of para-hydroxylation sites is 2. The highest BCUT2D eigenvalue weighted by Gasteiger charge is 2.36. The molecule has 2 heterocycles. The first-order valence-electron chi connectivity index (χ1n) is 9.10. The normalized spacial score (nSPS) is 19.1. The summed E-state index contributed by atoms with van der Waals surface area (Å²) in [6.45, 7) is 6.03. The van der Waals surface area contributed by atoms with Crippen LogP contribution in [0, 0.1) is 0 Å². The molecular formula is C21H20F3N3O. The number of hydrogen-bond acceptors (Lipinski definition) is 3. The molecule has 2 aliphatic heterocycles. The Morgan fingerprint density at radius 2 is 1.68 bits per heavy atom. The molecule has 2 aliphatic rings. The second-order valence-corrected chi connectivity index (χ2v) is 6.98. The molecular weight excluding hydrogens is 367 g/mol. The largest absolute Gasteiger partial charge is 0.416 e. The van der Waals surface area contributed by atoms with Crippen molar-refractivity contribution in [3.63, 3.8) is 0 Å². The highest BCUT2D eigenvalue weighted by atomic mass is 19.4. The van der Waals surface area contributed by atoms with E-state index in [1.165, 1.54) is 18.2 Å². The number of rotatable bonds is 2. The van der Waals surface area contributed by atoms with Crippen LogP contribution in [0.3, 0.4) is 0 Å². The van der Waals surface area contributed by atoms with Crippen LogP contribution in [0.15, 0.2) is 61.2 Å². The van der Waals surface area contributed by atoms with E-state index in [4.69, 9.17) is 0 Å². The number of halogens is 3. The van der Waals surface area contributed by atoms with Crippen molar-refractivity contribution in [3.8, 4) is 0 Å². The Labute approximate surface area is 161 Å². The molecule has 7 heteroatoms. The minimum atomic E-state index is -4.36. The zero-order chi connectivity index (χ0) is 19.9. The van der Waals surface area contributed by atoms with Crippen LogP contribution in [-0.4, -0.2) is 43.0 Å². The van der Waals surface area contributed by atoms with Crippen LogP contribution in [0.1, 0.15) is 5.56 Å². The molecule has 1 amide bonds. The molecule has 0 aromatic heterocycles. The fourth-order valence-electron chi connectivity index (χ4n) is 3.98. The van der Waals surface area contributed by atoms with Crippen LogP contribution < -0.4 is 9.80 Å². The number of nitrogens with zero attached hydrogens (tertiary/aromatic N) is 3. The molecule has 0 saturated carbocycles. The number of amides is 1. The van der Waals surface area contributed by atoms with Crippen LogP contribution >= 0.6 is 0 Å². The molecule has 146 valence electrons. The summed E-state index contributed by atoms with van der Waals surface area (Å²) in [7, 11) is 0. The molecule has 0 radical (unpaired) electrons. The van der Waals surface area contributed by atoms with Gasteiger partial charge in [-0.2, -0.15) is 13.2 Å². The first kappa shape index (κ1) is 18.4. The lowest BCUT2D eigenvalue weighted by Gasteiger charge is -2.49. The number of piperazine rings is 1. The standard InChI is InChI=1S/C21H20F3N3O/c1-2-20(28)25-11-12-26-17(13-25)14-27(19-6-4-3-5-18(19)26)16-9-7-15(8-10-16)21(22,23)24/h2-10,17H,1,11-14H2. The van der Waals surface area contributed by atoms with E-state index >= 15 is 0 Å². The second-order valence-electron chi connectivity index (χ2n) is 6.98. The smallest absolute Gasteiger partial charge is 0.361 e. The fraction of sp³-hybridized carbons (Fsp3) is 0.286. The van der Waals surface area contributed by atoms with Gasteiger partial charge in [-0.05, 0) is 42.5 Å². The number of anilines is 3. The van der Waals surface area contributed by atoms with Crippen LogP contribution in [0.4, 0.5) is 30.2 Å². The summed E-state index contributed by atoms with van der Waals surface area (Å²) in [4.78, 5) is 18.1. The Morgan fingerprint density at radius 3 is 2.32 bits per heavy atom. The Morgan fingerprint density at radius 1 is 1.00 bits per heavy atom. The van der Waals surface area contributed by atoms with Gasteiger partial charge in [-0.15, -0.1) is 0 Å². The average Bonchev–Trinajstić information content (AvgIpc) is 2.71. The lowest BCUT2D eigenvalue weighted by Crippen LogP contribution is -2.60. The predicted molar refractivity (Wildman–Crippen MR) is 103 cm³/mol. The monoisotopic (exact) mass is 387 g/mol. The van der Waals surface area contributed by atoms with Gasteiger partial charge in [0.2, 0.25) is 5.91 Å². The van der Waals surface area contributed by atoms with E-state index in [1.54, 1.807) is 4.90 Å². The van der Waals surface area contributed by atoms with Gasteiger partial charge in [0.15, 0.2) is 0 Å². The zero-order valence-corrected chi connectivity index (χ0v) is 15.2. The van der Waals surface area contributed by atoms with Gasteiger partial charge < -0.3 is 14.7 Å². The topological polar surface area (TPSA) is 26.8 Å². The van der Waals surface area contributed by atoms with Crippen molar-refractivity contribution in [1.29, 1.82) is 0 Å². The summed E-state index contributed by atoms with van der Waals surface area (Å²) < 4.78 is 38.7. The van der Waals surface area contributed by atoms with Crippen LogP contribution in [0.25, 0.3) is 0 Å². The summed E-state index contributed by atoms with van der Waals surface area (Å²) in [5, 5.41) is 0. The lowest BCUT2D eigenvalue weighted by molar-refractivity contribution is -0.137. The van der Waals surface area contributed by atoms with Crippen molar-refractivity contribution in [2.45, 2.75) is 12.2 Å². The van der Waals surface area contributed by atoms with E-state index in [1.807, 2.05) is 29.2 Å². The van der Waals surface area contributed by atoms with Gasteiger partial charge in [-0.1, -0.05) is 18.7 Å². The molecule has 0 bridgehead atoms. The third-order valence-corrected chi connectivity index (χ3v) is 5.35. The molecule has 4 nitrogen and oxygen atoms in total. The number of carbonyl (C=O) groups excluding carboxylic acids is 1. The molecule has 1 atom stereocenters. The molecule has 0 spiro atoms. The maximum atomic E-state index is 12.9. The third-order valence-electron chi connectivity index (χ3n) is 5.35. The van der Waals surface area contributed by atoms with Crippen molar-refractivity contribution < 1.29 is 18.0 Å². The van der Waals surface area contributed by atoms with Crippen LogP contribution in [-0.2, 0) is 11.0 Å². The van der Waals surface area contributed by atoms with E-state index in [0.29, 0.717) is 31.9 Å².